The molecule has 0 unspecified atom stereocenters. The number of rotatable bonds is 4. The number of carbonyl (C=O) groups is 1. The average Bonchev–Trinajstić information content (AvgIpc) is 3.10. The summed E-state index contributed by atoms with van der Waals surface area (Å²) in [6.45, 7) is 2.50. The Bertz CT molecular complexity index is 1100. The van der Waals surface area contributed by atoms with Gasteiger partial charge in [0.05, 0.1) is 29.6 Å². The van der Waals surface area contributed by atoms with Gasteiger partial charge in [-0.25, -0.2) is 4.98 Å². The lowest BCUT2D eigenvalue weighted by atomic mass is 10.1. The Balaban J connectivity index is 1.65. The summed E-state index contributed by atoms with van der Waals surface area (Å²) in [6, 6.07) is 17.2. The molecule has 0 aliphatic rings. The van der Waals surface area contributed by atoms with Crippen molar-refractivity contribution in [1.29, 1.82) is 0 Å². The van der Waals surface area contributed by atoms with E-state index in [1.54, 1.807) is 6.20 Å². The van der Waals surface area contributed by atoms with Crippen LogP contribution in [0.2, 0.25) is 0 Å². The molecule has 4 nitrogen and oxygen atoms in total. The summed E-state index contributed by atoms with van der Waals surface area (Å²) < 4.78 is 2.83. The number of aryl methyl sites for hydroxylation is 1. The van der Waals surface area contributed by atoms with Crippen LogP contribution in [0.1, 0.15) is 27.3 Å². The van der Waals surface area contributed by atoms with Crippen LogP contribution in [-0.2, 0) is 6.54 Å². The molecule has 0 saturated heterocycles. The molecule has 26 heavy (non-hydrogen) atoms. The first-order chi connectivity index (χ1) is 12.6. The molecule has 2 aromatic carbocycles. The molecule has 5 heteroatoms. The number of ketones is 1. The number of fused-ring (bicyclic) bond motifs is 1. The maximum atomic E-state index is 12.8. The second-order valence-electron chi connectivity index (χ2n) is 6.19. The predicted molar refractivity (Wildman–Crippen MR) is 105 cm³/mol. The van der Waals surface area contributed by atoms with Crippen molar-refractivity contribution in [2.45, 2.75) is 13.5 Å². The Labute approximate surface area is 159 Å². The maximum Gasteiger partial charge on any atom is 0.209 e. The maximum absolute atomic E-state index is 12.8. The van der Waals surface area contributed by atoms with Crippen LogP contribution < -0.4 is 0 Å². The molecular weight excluding hydrogens is 390 g/mol. The normalized spacial score (nSPS) is 11.0. The number of halogens is 1. The molecular formula is C21H16BrN3O. The molecule has 0 radical (unpaired) electrons. The summed E-state index contributed by atoms with van der Waals surface area (Å²) in [6.07, 6.45) is 3.65. The molecule has 4 aromatic rings. The van der Waals surface area contributed by atoms with Crippen LogP contribution in [0.15, 0.2) is 71.5 Å². The molecule has 0 aliphatic heterocycles. The molecule has 2 aromatic heterocycles. The van der Waals surface area contributed by atoms with Crippen molar-refractivity contribution in [2.24, 2.45) is 0 Å². The monoisotopic (exact) mass is 405 g/mol. The van der Waals surface area contributed by atoms with Crippen LogP contribution >= 0.6 is 15.9 Å². The summed E-state index contributed by atoms with van der Waals surface area (Å²) in [5.74, 6) is 0.00601. The minimum absolute atomic E-state index is 0.00601. The van der Waals surface area contributed by atoms with E-state index >= 15 is 0 Å². The van der Waals surface area contributed by atoms with Crippen molar-refractivity contribution < 1.29 is 4.79 Å². The van der Waals surface area contributed by atoms with Crippen molar-refractivity contribution in [3.63, 3.8) is 0 Å². The van der Waals surface area contributed by atoms with Crippen molar-refractivity contribution in [1.82, 2.24) is 14.5 Å². The second kappa shape index (κ2) is 6.84. The molecule has 128 valence electrons. The third kappa shape index (κ3) is 3.18. The highest BCUT2D eigenvalue weighted by atomic mass is 79.9. The largest absolute Gasteiger partial charge is 0.339 e. The third-order valence-electron chi connectivity index (χ3n) is 4.28. The van der Waals surface area contributed by atoms with Gasteiger partial charge >= 0.3 is 0 Å². The number of hydrogen-bond acceptors (Lipinski definition) is 3. The topological polar surface area (TPSA) is 47.8 Å². The van der Waals surface area contributed by atoms with Gasteiger partial charge in [-0.1, -0.05) is 35.9 Å². The van der Waals surface area contributed by atoms with Crippen LogP contribution in [0.25, 0.3) is 11.0 Å². The first-order valence-electron chi connectivity index (χ1n) is 8.28. The van der Waals surface area contributed by atoms with Gasteiger partial charge in [0.15, 0.2) is 0 Å². The fourth-order valence-electron chi connectivity index (χ4n) is 2.91. The van der Waals surface area contributed by atoms with Crippen LogP contribution in [0.3, 0.4) is 0 Å². The molecule has 0 amide bonds. The van der Waals surface area contributed by atoms with Crippen LogP contribution in [-0.4, -0.2) is 20.3 Å². The van der Waals surface area contributed by atoms with Crippen molar-refractivity contribution in [3.8, 4) is 0 Å². The van der Waals surface area contributed by atoms with Crippen molar-refractivity contribution in [2.75, 3.05) is 0 Å². The van der Waals surface area contributed by atoms with Gasteiger partial charge in [-0.15, -0.1) is 0 Å². The van der Waals surface area contributed by atoms with E-state index in [9.17, 15) is 4.79 Å². The first kappa shape index (κ1) is 16.7. The van der Waals surface area contributed by atoms with E-state index in [0.717, 1.165) is 26.8 Å². The number of nitrogens with zero attached hydrogens (tertiary/aromatic N) is 3. The second-order valence-corrected chi connectivity index (χ2v) is 7.04. The van der Waals surface area contributed by atoms with Crippen LogP contribution in [0.5, 0.6) is 0 Å². The summed E-state index contributed by atoms with van der Waals surface area (Å²) in [5.41, 5.74) is 4.93. The number of carbonyl (C=O) groups excluding carboxylic acids is 1. The molecule has 0 bridgehead atoms. The van der Waals surface area contributed by atoms with Gasteiger partial charge in [-0.2, -0.15) is 0 Å². The van der Waals surface area contributed by atoms with Gasteiger partial charge in [-0.3, -0.25) is 9.78 Å². The van der Waals surface area contributed by atoms with Gasteiger partial charge in [0.1, 0.15) is 5.52 Å². The van der Waals surface area contributed by atoms with E-state index in [1.165, 1.54) is 0 Å². The molecule has 0 aliphatic carbocycles. The minimum Gasteiger partial charge on any atom is -0.339 e. The molecule has 0 atom stereocenters. The van der Waals surface area contributed by atoms with Crippen LogP contribution in [0.4, 0.5) is 0 Å². The Morgan fingerprint density at radius 2 is 1.88 bits per heavy atom. The fourth-order valence-corrected chi connectivity index (χ4v) is 3.36. The molecule has 0 N–H and O–H groups in total. The Morgan fingerprint density at radius 3 is 2.69 bits per heavy atom. The van der Waals surface area contributed by atoms with Gasteiger partial charge in [-0.05, 0) is 47.1 Å². The Hall–Kier alpha value is -2.79. The van der Waals surface area contributed by atoms with E-state index in [4.69, 9.17) is 0 Å². The van der Waals surface area contributed by atoms with E-state index in [2.05, 4.69) is 25.9 Å². The third-order valence-corrected chi connectivity index (χ3v) is 4.92. The van der Waals surface area contributed by atoms with E-state index < -0.39 is 0 Å². The zero-order chi connectivity index (χ0) is 18.1. The van der Waals surface area contributed by atoms with Gasteiger partial charge in [0.2, 0.25) is 5.78 Å². The summed E-state index contributed by atoms with van der Waals surface area (Å²) in [4.78, 5) is 22.0. The highest BCUT2D eigenvalue weighted by Crippen LogP contribution is 2.21. The highest BCUT2D eigenvalue weighted by Gasteiger charge is 2.14. The SMILES string of the molecule is Cc1ccc(C(=O)c2cccn2Cc2cnc3c(Br)cccc3n2)cc1. The lowest BCUT2D eigenvalue weighted by Crippen LogP contribution is -2.11. The van der Waals surface area contributed by atoms with E-state index in [0.29, 0.717) is 17.8 Å². The summed E-state index contributed by atoms with van der Waals surface area (Å²) in [7, 11) is 0. The van der Waals surface area contributed by atoms with Crippen molar-refractivity contribution in [3.05, 3.63) is 94.0 Å². The van der Waals surface area contributed by atoms with Crippen molar-refractivity contribution >= 4 is 32.7 Å². The van der Waals surface area contributed by atoms with Gasteiger partial charge in [0, 0.05) is 16.2 Å². The number of hydrogen-bond donors (Lipinski definition) is 0. The predicted octanol–water partition coefficient (Wildman–Crippen LogP) is 4.78. The van der Waals surface area contributed by atoms with Crippen LogP contribution in [0, 0.1) is 6.92 Å². The Kier molecular flexibility index (Phi) is 4.39. The number of para-hydroxylation sites is 1. The quantitative estimate of drug-likeness (QED) is 0.459. The van der Waals surface area contributed by atoms with E-state index in [1.807, 2.05) is 72.3 Å². The lowest BCUT2D eigenvalue weighted by Gasteiger charge is -2.09. The number of aromatic nitrogens is 3. The molecule has 0 spiro atoms. The molecule has 4 rings (SSSR count). The molecule has 0 saturated carbocycles. The van der Waals surface area contributed by atoms with Gasteiger partial charge in [0.25, 0.3) is 0 Å². The highest BCUT2D eigenvalue weighted by molar-refractivity contribution is 9.10. The number of benzene rings is 2. The average molecular weight is 406 g/mol. The van der Waals surface area contributed by atoms with Gasteiger partial charge < -0.3 is 4.57 Å². The zero-order valence-electron chi connectivity index (χ0n) is 14.2. The Morgan fingerprint density at radius 1 is 1.08 bits per heavy atom. The molecule has 0 fully saturated rings. The molecule has 2 heterocycles. The summed E-state index contributed by atoms with van der Waals surface area (Å²) in [5, 5.41) is 0. The van der Waals surface area contributed by atoms with E-state index in [-0.39, 0.29) is 5.78 Å². The standard InChI is InChI=1S/C21H16BrN3O/c1-14-7-9-15(10-8-14)21(26)19-6-3-11-25(19)13-16-12-23-20-17(22)4-2-5-18(20)24-16/h2-12H,13H2,1H3. The first-order valence-corrected chi connectivity index (χ1v) is 9.08. The smallest absolute Gasteiger partial charge is 0.209 e. The zero-order valence-corrected chi connectivity index (χ0v) is 15.8. The minimum atomic E-state index is 0.00601. The lowest BCUT2D eigenvalue weighted by molar-refractivity contribution is 0.103. The summed E-state index contributed by atoms with van der Waals surface area (Å²) >= 11 is 3.49. The fraction of sp³-hybridized carbons (Fsp3) is 0.0952.